The van der Waals surface area contributed by atoms with Crippen molar-refractivity contribution in [3.8, 4) is 16.9 Å². The van der Waals surface area contributed by atoms with E-state index in [-0.39, 0.29) is 5.54 Å². The van der Waals surface area contributed by atoms with Crippen LogP contribution in [-0.4, -0.2) is 30.7 Å². The average Bonchev–Trinajstić information content (AvgIpc) is 3.08. The van der Waals surface area contributed by atoms with Gasteiger partial charge in [-0.3, -0.25) is 0 Å². The van der Waals surface area contributed by atoms with Gasteiger partial charge in [0.25, 0.3) is 0 Å². The van der Waals surface area contributed by atoms with Gasteiger partial charge in [-0.15, -0.1) is 16.4 Å². The molecule has 3 rings (SSSR count). The van der Waals surface area contributed by atoms with Crippen molar-refractivity contribution in [3.63, 3.8) is 0 Å². The molecule has 3 aromatic rings. The largest absolute Gasteiger partial charge is 0.357 e. The Labute approximate surface area is 126 Å². The fourth-order valence-corrected chi connectivity index (χ4v) is 2.80. The maximum atomic E-state index is 4.63. The summed E-state index contributed by atoms with van der Waals surface area (Å²) in [5.74, 6) is 0. The third-order valence-corrected chi connectivity index (χ3v) is 3.50. The molecule has 1 aromatic carbocycles. The normalized spacial score (nSPS) is 11.6. The van der Waals surface area contributed by atoms with Crippen molar-refractivity contribution in [2.75, 3.05) is 5.32 Å². The zero-order valence-electron chi connectivity index (χ0n) is 12.1. The first kappa shape index (κ1) is 13.7. The van der Waals surface area contributed by atoms with Crippen molar-refractivity contribution >= 4 is 16.5 Å². The Morgan fingerprint density at radius 1 is 1.24 bits per heavy atom. The molecule has 0 aliphatic heterocycles. The molecule has 6 nitrogen and oxygen atoms in total. The van der Waals surface area contributed by atoms with Crippen molar-refractivity contribution in [3.05, 3.63) is 36.0 Å². The van der Waals surface area contributed by atoms with Gasteiger partial charge < -0.3 is 5.32 Å². The fraction of sp³-hybridized carbons (Fsp3) is 0.286. The molecule has 0 fully saturated rings. The summed E-state index contributed by atoms with van der Waals surface area (Å²) in [6.07, 6.45) is 1.58. The molecule has 0 unspecified atom stereocenters. The van der Waals surface area contributed by atoms with E-state index < -0.39 is 0 Å². The topological polar surface area (TPSA) is 68.5 Å². The fourth-order valence-electron chi connectivity index (χ4n) is 1.87. The van der Waals surface area contributed by atoms with Crippen molar-refractivity contribution < 1.29 is 0 Å². The maximum absolute atomic E-state index is 4.63. The van der Waals surface area contributed by atoms with Crippen LogP contribution in [0.2, 0.25) is 0 Å². The summed E-state index contributed by atoms with van der Waals surface area (Å²) in [6, 6.07) is 7.99. The lowest BCUT2D eigenvalue weighted by Gasteiger charge is -2.19. The van der Waals surface area contributed by atoms with Gasteiger partial charge in [0.15, 0.2) is 5.13 Å². The molecule has 0 radical (unpaired) electrons. The zero-order chi connectivity index (χ0) is 14.9. The van der Waals surface area contributed by atoms with E-state index in [2.05, 4.69) is 46.6 Å². The monoisotopic (exact) mass is 300 g/mol. The van der Waals surface area contributed by atoms with Crippen molar-refractivity contribution in [1.29, 1.82) is 0 Å². The molecule has 0 aliphatic carbocycles. The van der Waals surface area contributed by atoms with Gasteiger partial charge >= 0.3 is 0 Å². The van der Waals surface area contributed by atoms with E-state index in [0.717, 1.165) is 22.1 Å². The van der Waals surface area contributed by atoms with E-state index >= 15 is 0 Å². The average molecular weight is 300 g/mol. The Morgan fingerprint density at radius 3 is 2.81 bits per heavy atom. The van der Waals surface area contributed by atoms with Crippen LogP contribution in [-0.2, 0) is 0 Å². The highest BCUT2D eigenvalue weighted by Gasteiger charge is 2.13. The second kappa shape index (κ2) is 5.25. The van der Waals surface area contributed by atoms with Gasteiger partial charge in [0.05, 0.1) is 11.4 Å². The van der Waals surface area contributed by atoms with E-state index in [1.54, 1.807) is 22.3 Å². The molecular formula is C14H16N6S. The molecule has 0 saturated carbocycles. The first-order chi connectivity index (χ1) is 10.0. The molecule has 0 atom stereocenters. The number of thiazole rings is 1. The molecule has 0 saturated heterocycles. The molecule has 1 N–H and O–H groups in total. The number of nitrogens with one attached hydrogen (secondary N) is 1. The Kier molecular flexibility index (Phi) is 3.42. The second-order valence-corrected chi connectivity index (χ2v) is 6.58. The minimum atomic E-state index is 0.00334. The number of tetrazole rings is 1. The van der Waals surface area contributed by atoms with E-state index in [9.17, 15) is 0 Å². The Hall–Kier alpha value is -2.28. The predicted molar refractivity (Wildman–Crippen MR) is 83.6 cm³/mol. The summed E-state index contributed by atoms with van der Waals surface area (Å²) in [4.78, 5) is 4.63. The van der Waals surface area contributed by atoms with E-state index in [0.29, 0.717) is 0 Å². The minimum absolute atomic E-state index is 0.00334. The van der Waals surface area contributed by atoms with E-state index in [4.69, 9.17) is 0 Å². The number of rotatable bonds is 3. The number of anilines is 1. The van der Waals surface area contributed by atoms with Crippen molar-refractivity contribution in [1.82, 2.24) is 25.2 Å². The third-order valence-electron chi connectivity index (χ3n) is 2.74. The van der Waals surface area contributed by atoms with Gasteiger partial charge in [-0.2, -0.15) is 0 Å². The summed E-state index contributed by atoms with van der Waals surface area (Å²) < 4.78 is 1.63. The van der Waals surface area contributed by atoms with Gasteiger partial charge in [0, 0.05) is 16.5 Å². The van der Waals surface area contributed by atoms with Crippen LogP contribution in [0, 0.1) is 0 Å². The highest BCUT2D eigenvalue weighted by molar-refractivity contribution is 7.14. The number of benzene rings is 1. The number of hydrogen-bond acceptors (Lipinski definition) is 6. The molecule has 2 heterocycles. The highest BCUT2D eigenvalue weighted by Crippen LogP contribution is 2.27. The van der Waals surface area contributed by atoms with Gasteiger partial charge in [-0.25, -0.2) is 9.67 Å². The SMILES string of the molecule is CC(C)(C)Nc1nc(-c2cccc(-n3cnnn3)c2)cs1. The standard InChI is InChI=1S/C14H16N6S/c1-14(2,3)17-13-16-12(8-21-13)10-5-4-6-11(7-10)20-9-15-18-19-20/h4-9H,1-3H3,(H,16,17). The zero-order valence-corrected chi connectivity index (χ0v) is 12.9. The molecule has 21 heavy (non-hydrogen) atoms. The van der Waals surface area contributed by atoms with Gasteiger partial charge in [-0.1, -0.05) is 12.1 Å². The van der Waals surface area contributed by atoms with E-state index in [1.165, 1.54) is 0 Å². The predicted octanol–water partition coefficient (Wildman–Crippen LogP) is 3.00. The highest BCUT2D eigenvalue weighted by atomic mass is 32.1. The molecule has 108 valence electrons. The van der Waals surface area contributed by atoms with Crippen LogP contribution in [0.5, 0.6) is 0 Å². The smallest absolute Gasteiger partial charge is 0.183 e. The van der Waals surface area contributed by atoms with Crippen LogP contribution in [0.25, 0.3) is 16.9 Å². The number of hydrogen-bond donors (Lipinski definition) is 1. The van der Waals surface area contributed by atoms with Gasteiger partial charge in [0.2, 0.25) is 0 Å². The lowest BCUT2D eigenvalue weighted by molar-refractivity contribution is 0.633. The van der Waals surface area contributed by atoms with Crippen LogP contribution in [0.1, 0.15) is 20.8 Å². The first-order valence-electron chi connectivity index (χ1n) is 6.59. The summed E-state index contributed by atoms with van der Waals surface area (Å²) in [5.41, 5.74) is 2.90. The lowest BCUT2D eigenvalue weighted by Crippen LogP contribution is -2.25. The second-order valence-electron chi connectivity index (χ2n) is 5.72. The summed E-state index contributed by atoms with van der Waals surface area (Å²) >= 11 is 1.61. The number of aromatic nitrogens is 5. The molecule has 0 aliphatic rings. The first-order valence-corrected chi connectivity index (χ1v) is 7.47. The van der Waals surface area contributed by atoms with Gasteiger partial charge in [-0.05, 0) is 43.3 Å². The molecule has 7 heteroatoms. The number of nitrogens with zero attached hydrogens (tertiary/aromatic N) is 5. The molecule has 0 spiro atoms. The summed E-state index contributed by atoms with van der Waals surface area (Å²) in [5, 5.41) is 17.6. The van der Waals surface area contributed by atoms with Crippen molar-refractivity contribution in [2.24, 2.45) is 0 Å². The van der Waals surface area contributed by atoms with Crippen LogP contribution >= 0.6 is 11.3 Å². The summed E-state index contributed by atoms with van der Waals surface area (Å²) in [6.45, 7) is 6.35. The maximum Gasteiger partial charge on any atom is 0.183 e. The third kappa shape index (κ3) is 3.25. The minimum Gasteiger partial charge on any atom is -0.357 e. The molecule has 0 amide bonds. The Balaban J connectivity index is 1.89. The van der Waals surface area contributed by atoms with Crippen LogP contribution in [0.4, 0.5) is 5.13 Å². The molecular weight excluding hydrogens is 284 g/mol. The quantitative estimate of drug-likeness (QED) is 0.805. The Morgan fingerprint density at radius 2 is 2.10 bits per heavy atom. The van der Waals surface area contributed by atoms with Crippen molar-refractivity contribution in [2.45, 2.75) is 26.3 Å². The Bertz CT molecular complexity index is 726. The molecule has 0 bridgehead atoms. The van der Waals surface area contributed by atoms with E-state index in [1.807, 2.05) is 29.6 Å². The van der Waals surface area contributed by atoms with Crippen LogP contribution in [0.15, 0.2) is 36.0 Å². The van der Waals surface area contributed by atoms with Crippen LogP contribution in [0.3, 0.4) is 0 Å². The lowest BCUT2D eigenvalue weighted by atomic mass is 10.1. The van der Waals surface area contributed by atoms with Crippen LogP contribution < -0.4 is 5.32 Å². The molecule has 2 aromatic heterocycles. The summed E-state index contributed by atoms with van der Waals surface area (Å²) in [7, 11) is 0. The van der Waals surface area contributed by atoms with Gasteiger partial charge in [0.1, 0.15) is 6.33 Å².